The Morgan fingerprint density at radius 3 is 2.46 bits per heavy atom. The molecule has 144 valence electrons. The van der Waals surface area contributed by atoms with E-state index in [9.17, 15) is 14.7 Å². The summed E-state index contributed by atoms with van der Waals surface area (Å²) in [6, 6.07) is 2.14. The molecule has 2 aliphatic rings. The van der Waals surface area contributed by atoms with Gasteiger partial charge in [0, 0.05) is 19.3 Å². The third-order valence-electron chi connectivity index (χ3n) is 5.48. The topological polar surface area (TPSA) is 87.4 Å². The Hall–Kier alpha value is -1.83. The van der Waals surface area contributed by atoms with Crippen LogP contribution in [0, 0.1) is 17.2 Å². The number of aliphatic hydroxyl groups excluding tert-OH is 1. The van der Waals surface area contributed by atoms with E-state index in [4.69, 9.17) is 10.00 Å². The van der Waals surface area contributed by atoms with Crippen LogP contribution in [0.3, 0.4) is 0 Å². The summed E-state index contributed by atoms with van der Waals surface area (Å²) in [5, 5.41) is 18.8. The zero-order valence-corrected chi connectivity index (χ0v) is 15.7. The fraction of sp³-hybridized carbons (Fsp3) is 0.762. The molecule has 1 unspecified atom stereocenters. The minimum atomic E-state index is -0.645. The van der Waals surface area contributed by atoms with Crippen LogP contribution in [0.1, 0.15) is 89.9 Å². The van der Waals surface area contributed by atoms with Crippen LogP contribution >= 0.6 is 0 Å². The van der Waals surface area contributed by atoms with E-state index in [1.54, 1.807) is 0 Å². The number of nitrogens with zero attached hydrogens (tertiary/aromatic N) is 1. The first-order chi connectivity index (χ1) is 12.6. The molecule has 0 spiro atoms. The van der Waals surface area contributed by atoms with Crippen LogP contribution in [0.15, 0.2) is 11.3 Å². The Morgan fingerprint density at radius 2 is 1.77 bits per heavy atom. The van der Waals surface area contributed by atoms with Crippen molar-refractivity contribution in [3.05, 3.63) is 11.3 Å². The summed E-state index contributed by atoms with van der Waals surface area (Å²) in [6.45, 7) is 0. The zero-order valence-electron chi connectivity index (χ0n) is 15.7. The predicted molar refractivity (Wildman–Crippen MR) is 98.3 cm³/mol. The van der Waals surface area contributed by atoms with Crippen LogP contribution in [-0.4, -0.2) is 23.0 Å². The minimum absolute atomic E-state index is 0.0668. The SMILES string of the molecule is N#CCCCCCCCC1CC(=O)/C(=C(\O)CC2CCCCC2)C(=O)O1. The van der Waals surface area contributed by atoms with Crippen LogP contribution in [0.25, 0.3) is 0 Å². The van der Waals surface area contributed by atoms with Crippen molar-refractivity contribution in [2.75, 3.05) is 0 Å². The lowest BCUT2D eigenvalue weighted by Crippen LogP contribution is -2.33. The number of unbranched alkanes of at least 4 members (excludes halogenated alkanes) is 5. The molecule has 1 saturated carbocycles. The Kier molecular flexibility index (Phi) is 8.67. The molecule has 5 nitrogen and oxygen atoms in total. The van der Waals surface area contributed by atoms with Gasteiger partial charge in [0.05, 0.1) is 6.07 Å². The first-order valence-corrected chi connectivity index (χ1v) is 10.1. The summed E-state index contributed by atoms with van der Waals surface area (Å²) in [6.07, 6.45) is 12.1. The number of hydrogen-bond donors (Lipinski definition) is 1. The van der Waals surface area contributed by atoms with E-state index in [1.165, 1.54) is 6.42 Å². The zero-order chi connectivity index (χ0) is 18.8. The van der Waals surface area contributed by atoms with Gasteiger partial charge in [0.15, 0.2) is 5.78 Å². The molecule has 0 aromatic heterocycles. The largest absolute Gasteiger partial charge is 0.511 e. The third-order valence-corrected chi connectivity index (χ3v) is 5.48. The number of ether oxygens (including phenoxy) is 1. The van der Waals surface area contributed by atoms with E-state index in [0.29, 0.717) is 25.2 Å². The summed E-state index contributed by atoms with van der Waals surface area (Å²) < 4.78 is 5.40. The predicted octanol–water partition coefficient (Wildman–Crippen LogP) is 4.91. The molecule has 5 heteroatoms. The van der Waals surface area contributed by atoms with Crippen molar-refractivity contribution in [2.45, 2.75) is 96.0 Å². The fourth-order valence-corrected chi connectivity index (χ4v) is 3.99. The van der Waals surface area contributed by atoms with Crippen LogP contribution < -0.4 is 0 Å². The summed E-state index contributed by atoms with van der Waals surface area (Å²) in [7, 11) is 0. The molecule has 1 aliphatic carbocycles. The lowest BCUT2D eigenvalue weighted by atomic mass is 9.85. The molecule has 1 atom stereocenters. The summed E-state index contributed by atoms with van der Waals surface area (Å²) >= 11 is 0. The molecule has 26 heavy (non-hydrogen) atoms. The van der Waals surface area contributed by atoms with Crippen molar-refractivity contribution in [3.63, 3.8) is 0 Å². The summed E-state index contributed by atoms with van der Waals surface area (Å²) in [4.78, 5) is 24.6. The van der Waals surface area contributed by atoms with E-state index in [2.05, 4.69) is 6.07 Å². The molecule has 1 aliphatic heterocycles. The molecule has 1 N–H and O–H groups in total. The average molecular weight is 361 g/mol. The van der Waals surface area contributed by atoms with Crippen LogP contribution in [0.2, 0.25) is 0 Å². The quantitative estimate of drug-likeness (QED) is 0.207. The first-order valence-electron chi connectivity index (χ1n) is 10.1. The number of rotatable bonds is 9. The molecule has 0 aromatic rings. The highest BCUT2D eigenvalue weighted by atomic mass is 16.5. The van der Waals surface area contributed by atoms with Gasteiger partial charge in [-0.3, -0.25) is 4.79 Å². The first kappa shape index (κ1) is 20.5. The van der Waals surface area contributed by atoms with E-state index in [0.717, 1.165) is 57.8 Å². The molecular formula is C21H31NO4. The van der Waals surface area contributed by atoms with Gasteiger partial charge in [0.25, 0.3) is 0 Å². The van der Waals surface area contributed by atoms with Gasteiger partial charge in [0.2, 0.25) is 0 Å². The number of ketones is 1. The average Bonchev–Trinajstić information content (AvgIpc) is 2.61. The number of esters is 1. The van der Waals surface area contributed by atoms with Gasteiger partial charge in [-0.1, -0.05) is 51.4 Å². The van der Waals surface area contributed by atoms with Crippen LogP contribution in [0.5, 0.6) is 0 Å². The summed E-state index contributed by atoms with van der Waals surface area (Å²) in [5.41, 5.74) is -0.108. The van der Waals surface area contributed by atoms with Gasteiger partial charge in [-0.15, -0.1) is 0 Å². The highest BCUT2D eigenvalue weighted by molar-refractivity contribution is 6.19. The number of allylic oxidation sites excluding steroid dienone is 1. The van der Waals surface area contributed by atoms with Crippen molar-refractivity contribution in [1.82, 2.24) is 0 Å². The third kappa shape index (κ3) is 6.48. The Labute approximate surface area is 156 Å². The number of carbonyl (C=O) groups excluding carboxylic acids is 2. The van der Waals surface area contributed by atoms with Gasteiger partial charge in [-0.2, -0.15) is 5.26 Å². The molecule has 1 heterocycles. The maximum absolute atomic E-state index is 12.4. The van der Waals surface area contributed by atoms with Crippen molar-refractivity contribution in [1.29, 1.82) is 5.26 Å². The Balaban J connectivity index is 1.75. The molecule has 0 radical (unpaired) electrons. The normalized spacial score (nSPS) is 23.4. The van der Waals surface area contributed by atoms with Crippen molar-refractivity contribution in [2.24, 2.45) is 5.92 Å². The molecular weight excluding hydrogens is 330 g/mol. The van der Waals surface area contributed by atoms with E-state index >= 15 is 0 Å². The second kappa shape index (κ2) is 11.0. The van der Waals surface area contributed by atoms with Gasteiger partial charge in [-0.05, 0) is 25.2 Å². The molecule has 0 bridgehead atoms. The number of hydrogen-bond acceptors (Lipinski definition) is 5. The molecule has 0 aromatic carbocycles. The highest BCUT2D eigenvalue weighted by Crippen LogP contribution is 2.31. The lowest BCUT2D eigenvalue weighted by molar-refractivity contribution is -0.151. The number of nitriles is 1. The molecule has 0 amide bonds. The highest BCUT2D eigenvalue weighted by Gasteiger charge is 2.35. The van der Waals surface area contributed by atoms with Gasteiger partial charge in [-0.25, -0.2) is 4.79 Å². The van der Waals surface area contributed by atoms with Crippen molar-refractivity contribution >= 4 is 11.8 Å². The number of aliphatic hydroxyl groups is 1. The number of carbonyl (C=O) groups is 2. The van der Waals surface area contributed by atoms with E-state index < -0.39 is 5.97 Å². The van der Waals surface area contributed by atoms with Gasteiger partial charge in [0.1, 0.15) is 17.4 Å². The van der Waals surface area contributed by atoms with Crippen molar-refractivity contribution < 1.29 is 19.4 Å². The van der Waals surface area contributed by atoms with Gasteiger partial charge < -0.3 is 9.84 Å². The maximum atomic E-state index is 12.4. The second-order valence-corrected chi connectivity index (χ2v) is 7.65. The Morgan fingerprint density at radius 1 is 1.08 bits per heavy atom. The monoisotopic (exact) mass is 361 g/mol. The molecule has 1 saturated heterocycles. The van der Waals surface area contributed by atoms with Crippen LogP contribution in [-0.2, 0) is 14.3 Å². The Bertz CT molecular complexity index is 535. The second-order valence-electron chi connectivity index (χ2n) is 7.65. The fourth-order valence-electron chi connectivity index (χ4n) is 3.99. The number of cyclic esters (lactones) is 1. The minimum Gasteiger partial charge on any atom is -0.511 e. The molecule has 2 rings (SSSR count). The van der Waals surface area contributed by atoms with Crippen molar-refractivity contribution in [3.8, 4) is 6.07 Å². The maximum Gasteiger partial charge on any atom is 0.345 e. The smallest absolute Gasteiger partial charge is 0.345 e. The van der Waals surface area contributed by atoms with Gasteiger partial charge >= 0.3 is 5.97 Å². The lowest BCUT2D eigenvalue weighted by Gasteiger charge is -2.25. The van der Waals surface area contributed by atoms with E-state index in [-0.39, 0.29) is 29.6 Å². The molecule has 2 fully saturated rings. The summed E-state index contributed by atoms with van der Waals surface area (Å²) in [5.74, 6) is -0.611. The number of Topliss-reactive ketones (excluding diaryl/α,β-unsaturated/α-hetero) is 1. The standard InChI is InChI=1S/C21H31NO4/c22-13-9-4-2-1-3-8-12-17-15-19(24)20(21(25)26-17)18(23)14-16-10-6-5-7-11-16/h16-17,23H,1-12,14-15H2/b20-18+. The van der Waals surface area contributed by atoms with E-state index in [1.807, 2.05) is 0 Å². The van der Waals surface area contributed by atoms with Crippen LogP contribution in [0.4, 0.5) is 0 Å².